The van der Waals surface area contributed by atoms with E-state index in [1.54, 1.807) is 24.4 Å². The molecule has 1 heterocycles. The smallest absolute Gasteiger partial charge is 0.255 e. The second-order valence-corrected chi connectivity index (χ2v) is 11.3. The quantitative estimate of drug-likeness (QED) is 0.244. The Bertz CT molecular complexity index is 1560. The van der Waals surface area contributed by atoms with Crippen molar-refractivity contribution in [1.82, 2.24) is 14.3 Å². The number of hydrazone groups is 1. The Morgan fingerprint density at radius 1 is 0.921 bits per heavy atom. The number of nitrogens with zero attached hydrogens (tertiary/aromatic N) is 3. The first-order valence-corrected chi connectivity index (χ1v) is 13.8. The van der Waals surface area contributed by atoms with E-state index in [1.807, 2.05) is 50.2 Å². The van der Waals surface area contributed by atoms with Gasteiger partial charge in [-0.05, 0) is 63.1 Å². The number of rotatable bonds is 9. The Morgan fingerprint density at radius 2 is 1.58 bits per heavy atom. The lowest BCUT2D eigenvalue weighted by Crippen LogP contribution is -2.39. The highest BCUT2D eigenvalue weighted by Crippen LogP contribution is 2.23. The Hall–Kier alpha value is -4.01. The molecule has 0 unspecified atom stereocenters. The number of hydrogen-bond acceptors (Lipinski definition) is 4. The summed E-state index contributed by atoms with van der Waals surface area (Å²) < 4.78 is 30.0. The molecule has 0 fully saturated rings. The van der Waals surface area contributed by atoms with Crippen LogP contribution in [-0.2, 0) is 21.4 Å². The van der Waals surface area contributed by atoms with Gasteiger partial charge in [0, 0.05) is 29.2 Å². The van der Waals surface area contributed by atoms with E-state index in [-0.39, 0.29) is 18.0 Å². The van der Waals surface area contributed by atoms with Crippen LogP contribution in [0.4, 0.5) is 0 Å². The number of amides is 1. The first-order chi connectivity index (χ1) is 18.2. The first-order valence-electron chi connectivity index (χ1n) is 12.3. The molecule has 196 valence electrons. The standard InChI is InChI=1S/C30H32N4O3S/c1-22-15-16-29(23(2)17-22)34-24(3)18-27(25(34)4)19-31-32-30(35)21-33(20-26-11-7-5-8-12-26)38(36,37)28-13-9-6-10-14-28/h5-19H,20-21H2,1-4H3,(H,32,35)/b31-19+. The molecule has 1 aromatic heterocycles. The zero-order valence-electron chi connectivity index (χ0n) is 22.0. The molecule has 4 aromatic rings. The van der Waals surface area contributed by atoms with Gasteiger partial charge in [0.2, 0.25) is 10.0 Å². The van der Waals surface area contributed by atoms with Crippen molar-refractivity contribution in [1.29, 1.82) is 0 Å². The molecule has 0 radical (unpaired) electrons. The van der Waals surface area contributed by atoms with Gasteiger partial charge in [-0.15, -0.1) is 0 Å². The van der Waals surface area contributed by atoms with Crippen molar-refractivity contribution in [2.75, 3.05) is 6.54 Å². The van der Waals surface area contributed by atoms with E-state index in [2.05, 4.69) is 47.1 Å². The van der Waals surface area contributed by atoms with Crippen LogP contribution < -0.4 is 5.43 Å². The largest absolute Gasteiger partial charge is 0.318 e. The Labute approximate surface area is 224 Å². The maximum atomic E-state index is 13.3. The van der Waals surface area contributed by atoms with Crippen LogP contribution in [0.2, 0.25) is 0 Å². The highest BCUT2D eigenvalue weighted by atomic mass is 32.2. The maximum Gasteiger partial charge on any atom is 0.255 e. The number of sulfonamides is 1. The van der Waals surface area contributed by atoms with Crippen molar-refractivity contribution >= 4 is 22.1 Å². The number of carbonyl (C=O) groups excluding carboxylic acids is 1. The second kappa shape index (κ2) is 11.6. The van der Waals surface area contributed by atoms with E-state index in [1.165, 1.54) is 23.3 Å². The number of nitrogens with one attached hydrogen (secondary N) is 1. The molecule has 8 heteroatoms. The van der Waals surface area contributed by atoms with Crippen molar-refractivity contribution < 1.29 is 13.2 Å². The predicted octanol–water partition coefficient (Wildman–Crippen LogP) is 5.05. The molecule has 0 bridgehead atoms. The molecular formula is C30H32N4O3S. The van der Waals surface area contributed by atoms with E-state index in [0.29, 0.717) is 0 Å². The van der Waals surface area contributed by atoms with Crippen molar-refractivity contribution in [3.05, 3.63) is 119 Å². The summed E-state index contributed by atoms with van der Waals surface area (Å²) in [5, 5.41) is 4.14. The molecule has 38 heavy (non-hydrogen) atoms. The average molecular weight is 529 g/mol. The topological polar surface area (TPSA) is 83.8 Å². The van der Waals surface area contributed by atoms with Crippen molar-refractivity contribution in [2.45, 2.75) is 39.1 Å². The molecule has 4 rings (SSSR count). The lowest BCUT2D eigenvalue weighted by atomic mass is 10.1. The van der Waals surface area contributed by atoms with Gasteiger partial charge >= 0.3 is 0 Å². The highest BCUT2D eigenvalue weighted by molar-refractivity contribution is 7.89. The number of carbonyl (C=O) groups is 1. The molecule has 0 aliphatic heterocycles. The fraction of sp³-hybridized carbons (Fsp3) is 0.200. The van der Waals surface area contributed by atoms with E-state index >= 15 is 0 Å². The molecule has 0 aliphatic rings. The molecule has 1 N–H and O–H groups in total. The summed E-state index contributed by atoms with van der Waals surface area (Å²) in [5.74, 6) is -0.528. The van der Waals surface area contributed by atoms with E-state index in [0.717, 1.165) is 32.5 Å². The Balaban J connectivity index is 1.51. The van der Waals surface area contributed by atoms with Gasteiger partial charge < -0.3 is 4.57 Å². The Kier molecular flexibility index (Phi) is 8.24. The van der Waals surface area contributed by atoms with Crippen molar-refractivity contribution in [3.8, 4) is 5.69 Å². The van der Waals surface area contributed by atoms with Gasteiger partial charge in [-0.3, -0.25) is 4.79 Å². The molecule has 0 aliphatic carbocycles. The summed E-state index contributed by atoms with van der Waals surface area (Å²) >= 11 is 0. The van der Waals surface area contributed by atoms with Gasteiger partial charge in [-0.2, -0.15) is 9.41 Å². The SMILES string of the molecule is Cc1ccc(-n2c(C)cc(/C=N/NC(=O)CN(Cc3ccccc3)S(=O)(=O)c3ccccc3)c2C)c(C)c1. The third-order valence-corrected chi connectivity index (χ3v) is 8.16. The van der Waals surface area contributed by atoms with Crippen LogP contribution in [0.1, 0.15) is 33.6 Å². The number of aromatic nitrogens is 1. The summed E-state index contributed by atoms with van der Waals surface area (Å²) in [5.41, 5.74) is 9.64. The summed E-state index contributed by atoms with van der Waals surface area (Å²) in [6.45, 7) is 7.87. The van der Waals surface area contributed by atoms with Gasteiger partial charge in [0.1, 0.15) is 0 Å². The maximum absolute atomic E-state index is 13.3. The van der Waals surface area contributed by atoms with Crippen LogP contribution in [0.15, 0.2) is 94.9 Å². The minimum atomic E-state index is -3.90. The van der Waals surface area contributed by atoms with Gasteiger partial charge in [0.25, 0.3) is 5.91 Å². The monoisotopic (exact) mass is 528 g/mol. The van der Waals surface area contributed by atoms with Crippen molar-refractivity contribution in [2.24, 2.45) is 5.10 Å². The van der Waals surface area contributed by atoms with Gasteiger partial charge in [0.15, 0.2) is 0 Å². The Morgan fingerprint density at radius 3 is 2.24 bits per heavy atom. The van der Waals surface area contributed by atoms with E-state index in [9.17, 15) is 13.2 Å². The van der Waals surface area contributed by atoms with E-state index < -0.39 is 15.9 Å². The van der Waals surface area contributed by atoms with Crippen LogP contribution in [0.3, 0.4) is 0 Å². The second-order valence-electron chi connectivity index (χ2n) is 9.32. The number of aryl methyl sites for hydroxylation is 3. The van der Waals surface area contributed by atoms with Crippen LogP contribution in [0, 0.1) is 27.7 Å². The molecule has 0 atom stereocenters. The van der Waals surface area contributed by atoms with Crippen LogP contribution in [0.25, 0.3) is 5.69 Å². The number of benzene rings is 3. The number of hydrogen-bond donors (Lipinski definition) is 1. The van der Waals surface area contributed by atoms with Crippen LogP contribution in [0.5, 0.6) is 0 Å². The normalized spacial score (nSPS) is 11.8. The minimum Gasteiger partial charge on any atom is -0.318 e. The highest BCUT2D eigenvalue weighted by Gasteiger charge is 2.26. The molecule has 0 saturated carbocycles. The van der Waals surface area contributed by atoms with Crippen molar-refractivity contribution in [3.63, 3.8) is 0 Å². The lowest BCUT2D eigenvalue weighted by molar-refractivity contribution is -0.121. The van der Waals surface area contributed by atoms with Crippen LogP contribution in [-0.4, -0.2) is 36.0 Å². The molecule has 0 saturated heterocycles. The first kappa shape index (κ1) is 27.0. The molecule has 0 spiro atoms. The molecule has 1 amide bonds. The fourth-order valence-electron chi connectivity index (χ4n) is 4.47. The average Bonchev–Trinajstić information content (AvgIpc) is 3.17. The van der Waals surface area contributed by atoms with Crippen LogP contribution >= 0.6 is 0 Å². The predicted molar refractivity (Wildman–Crippen MR) is 151 cm³/mol. The molecule has 7 nitrogen and oxygen atoms in total. The summed E-state index contributed by atoms with van der Waals surface area (Å²) in [4.78, 5) is 13.0. The zero-order valence-corrected chi connectivity index (χ0v) is 22.9. The lowest BCUT2D eigenvalue weighted by Gasteiger charge is -2.21. The summed E-state index contributed by atoms with van der Waals surface area (Å²) in [6, 6.07) is 25.6. The summed E-state index contributed by atoms with van der Waals surface area (Å²) in [7, 11) is -3.90. The summed E-state index contributed by atoms with van der Waals surface area (Å²) in [6.07, 6.45) is 1.59. The van der Waals surface area contributed by atoms with Gasteiger partial charge in [-0.25, -0.2) is 13.8 Å². The van der Waals surface area contributed by atoms with Gasteiger partial charge in [-0.1, -0.05) is 66.2 Å². The zero-order chi connectivity index (χ0) is 27.3. The minimum absolute atomic E-state index is 0.0618. The third kappa shape index (κ3) is 6.10. The van der Waals surface area contributed by atoms with Gasteiger partial charge in [0.05, 0.1) is 17.7 Å². The third-order valence-electron chi connectivity index (χ3n) is 6.36. The fourth-order valence-corrected chi connectivity index (χ4v) is 5.87. The molecular weight excluding hydrogens is 496 g/mol. The molecule has 3 aromatic carbocycles. The van der Waals surface area contributed by atoms with E-state index in [4.69, 9.17) is 0 Å².